The SMILES string of the molecule is CC(N)C(=O)N1CCC(CN(C)C2CC2)CC1. The third-order valence-corrected chi connectivity index (χ3v) is 4.03. The van der Waals surface area contributed by atoms with Crippen molar-refractivity contribution < 1.29 is 4.79 Å². The van der Waals surface area contributed by atoms with Crippen molar-refractivity contribution in [2.75, 3.05) is 26.7 Å². The number of nitrogens with zero attached hydrogens (tertiary/aromatic N) is 2. The van der Waals surface area contributed by atoms with Crippen molar-refractivity contribution in [3.8, 4) is 0 Å². The van der Waals surface area contributed by atoms with E-state index in [1.54, 1.807) is 6.92 Å². The van der Waals surface area contributed by atoms with Crippen molar-refractivity contribution in [2.45, 2.75) is 44.7 Å². The molecule has 1 aliphatic carbocycles. The molecule has 4 nitrogen and oxygen atoms in total. The Labute approximate surface area is 104 Å². The van der Waals surface area contributed by atoms with E-state index in [-0.39, 0.29) is 11.9 Å². The van der Waals surface area contributed by atoms with Crippen molar-refractivity contribution >= 4 is 5.91 Å². The first kappa shape index (κ1) is 12.8. The fraction of sp³-hybridized carbons (Fsp3) is 0.923. The summed E-state index contributed by atoms with van der Waals surface area (Å²) < 4.78 is 0. The third-order valence-electron chi connectivity index (χ3n) is 4.03. The molecule has 0 aromatic rings. The van der Waals surface area contributed by atoms with Crippen molar-refractivity contribution in [1.82, 2.24) is 9.80 Å². The average molecular weight is 239 g/mol. The van der Waals surface area contributed by atoms with Crippen LogP contribution < -0.4 is 5.73 Å². The summed E-state index contributed by atoms with van der Waals surface area (Å²) in [6.07, 6.45) is 5.02. The smallest absolute Gasteiger partial charge is 0.239 e. The molecule has 2 fully saturated rings. The van der Waals surface area contributed by atoms with E-state index in [9.17, 15) is 4.79 Å². The van der Waals surface area contributed by atoms with Crippen LogP contribution in [0.4, 0.5) is 0 Å². The maximum Gasteiger partial charge on any atom is 0.239 e. The maximum absolute atomic E-state index is 11.7. The molecule has 1 saturated carbocycles. The number of hydrogen-bond acceptors (Lipinski definition) is 3. The van der Waals surface area contributed by atoms with Gasteiger partial charge in [0.25, 0.3) is 0 Å². The van der Waals surface area contributed by atoms with Gasteiger partial charge in [-0.1, -0.05) is 0 Å². The molecular formula is C13H25N3O. The van der Waals surface area contributed by atoms with Gasteiger partial charge in [0.2, 0.25) is 5.91 Å². The number of likely N-dealkylation sites (tertiary alicyclic amines) is 1. The summed E-state index contributed by atoms with van der Waals surface area (Å²) in [6.45, 7) is 4.76. The Morgan fingerprint density at radius 2 is 1.94 bits per heavy atom. The molecule has 4 heteroatoms. The highest BCUT2D eigenvalue weighted by Crippen LogP contribution is 2.28. The molecule has 1 aliphatic heterocycles. The molecule has 1 atom stereocenters. The van der Waals surface area contributed by atoms with E-state index in [4.69, 9.17) is 5.73 Å². The Balaban J connectivity index is 1.71. The Bertz CT molecular complexity index is 268. The molecule has 1 amide bonds. The minimum Gasteiger partial charge on any atom is -0.341 e. The van der Waals surface area contributed by atoms with Gasteiger partial charge in [0.1, 0.15) is 0 Å². The van der Waals surface area contributed by atoms with Crippen LogP contribution in [0.3, 0.4) is 0 Å². The van der Waals surface area contributed by atoms with Gasteiger partial charge in [-0.15, -0.1) is 0 Å². The minimum absolute atomic E-state index is 0.110. The van der Waals surface area contributed by atoms with Crippen molar-refractivity contribution in [3.05, 3.63) is 0 Å². The molecule has 17 heavy (non-hydrogen) atoms. The first-order chi connectivity index (χ1) is 8.08. The predicted octanol–water partition coefficient (Wildman–Crippen LogP) is 0.666. The molecule has 98 valence electrons. The lowest BCUT2D eigenvalue weighted by atomic mass is 9.96. The van der Waals surface area contributed by atoms with Gasteiger partial charge in [-0.3, -0.25) is 4.79 Å². The van der Waals surface area contributed by atoms with Gasteiger partial charge in [0.05, 0.1) is 6.04 Å². The second-order valence-electron chi connectivity index (χ2n) is 5.73. The van der Waals surface area contributed by atoms with Gasteiger partial charge in [-0.25, -0.2) is 0 Å². The molecule has 0 radical (unpaired) electrons. The average Bonchev–Trinajstić information content (AvgIpc) is 3.12. The van der Waals surface area contributed by atoms with Crippen molar-refractivity contribution in [3.63, 3.8) is 0 Å². The molecule has 1 unspecified atom stereocenters. The van der Waals surface area contributed by atoms with Crippen LogP contribution in [-0.2, 0) is 4.79 Å². The van der Waals surface area contributed by atoms with E-state index in [0.717, 1.165) is 37.9 Å². The van der Waals surface area contributed by atoms with Gasteiger partial charge >= 0.3 is 0 Å². The zero-order valence-electron chi connectivity index (χ0n) is 11.1. The zero-order valence-corrected chi connectivity index (χ0v) is 11.1. The largest absolute Gasteiger partial charge is 0.341 e. The van der Waals surface area contributed by atoms with E-state index in [1.807, 2.05) is 4.90 Å². The predicted molar refractivity (Wildman–Crippen MR) is 68.6 cm³/mol. The van der Waals surface area contributed by atoms with Crippen molar-refractivity contribution in [2.24, 2.45) is 11.7 Å². The summed E-state index contributed by atoms with van der Waals surface area (Å²) in [6, 6.07) is 0.499. The standard InChI is InChI=1S/C13H25N3O/c1-10(14)13(17)16-7-5-11(6-8-16)9-15(2)12-3-4-12/h10-12H,3-9,14H2,1-2H3. The quantitative estimate of drug-likeness (QED) is 0.784. The second-order valence-corrected chi connectivity index (χ2v) is 5.73. The van der Waals surface area contributed by atoms with Crippen LogP contribution in [0.25, 0.3) is 0 Å². The molecule has 0 bridgehead atoms. The van der Waals surface area contributed by atoms with Crippen LogP contribution >= 0.6 is 0 Å². The van der Waals surface area contributed by atoms with Gasteiger partial charge in [-0.2, -0.15) is 0 Å². The first-order valence-electron chi connectivity index (χ1n) is 6.82. The third kappa shape index (κ3) is 3.42. The van der Waals surface area contributed by atoms with Crippen molar-refractivity contribution in [1.29, 1.82) is 0 Å². The van der Waals surface area contributed by atoms with Crippen LogP contribution in [0.15, 0.2) is 0 Å². The number of hydrogen-bond donors (Lipinski definition) is 1. The van der Waals surface area contributed by atoms with Crippen LogP contribution in [-0.4, -0.2) is 54.5 Å². The molecule has 0 aromatic heterocycles. The number of carbonyl (C=O) groups is 1. The summed E-state index contributed by atoms with van der Waals surface area (Å²) in [7, 11) is 2.23. The Kier molecular flexibility index (Phi) is 4.05. The number of rotatable bonds is 4. The van der Waals surface area contributed by atoms with Gasteiger partial charge < -0.3 is 15.5 Å². The highest BCUT2D eigenvalue weighted by atomic mass is 16.2. The summed E-state index contributed by atoms with van der Waals surface area (Å²) in [5, 5.41) is 0. The molecule has 1 saturated heterocycles. The lowest BCUT2D eigenvalue weighted by Crippen LogP contribution is -2.47. The fourth-order valence-corrected chi connectivity index (χ4v) is 2.70. The maximum atomic E-state index is 11.7. The normalized spacial score (nSPS) is 24.1. The lowest BCUT2D eigenvalue weighted by Gasteiger charge is -2.34. The molecule has 2 N–H and O–H groups in total. The minimum atomic E-state index is -0.347. The molecule has 2 rings (SSSR count). The highest BCUT2D eigenvalue weighted by Gasteiger charge is 2.30. The van der Waals surface area contributed by atoms with Crippen LogP contribution in [0.5, 0.6) is 0 Å². The molecular weight excluding hydrogens is 214 g/mol. The molecule has 2 aliphatic rings. The summed E-state index contributed by atoms with van der Waals surface area (Å²) >= 11 is 0. The number of piperidine rings is 1. The van der Waals surface area contributed by atoms with E-state index >= 15 is 0 Å². The van der Waals surface area contributed by atoms with Crippen LogP contribution in [0.1, 0.15) is 32.6 Å². The Morgan fingerprint density at radius 1 is 1.35 bits per heavy atom. The molecule has 0 aromatic carbocycles. The van der Waals surface area contributed by atoms with E-state index in [2.05, 4.69) is 11.9 Å². The van der Waals surface area contributed by atoms with E-state index in [1.165, 1.54) is 19.4 Å². The van der Waals surface area contributed by atoms with Crippen LogP contribution in [0, 0.1) is 5.92 Å². The fourth-order valence-electron chi connectivity index (χ4n) is 2.70. The van der Waals surface area contributed by atoms with Gasteiger partial charge in [0.15, 0.2) is 0 Å². The number of amides is 1. The molecule has 0 spiro atoms. The lowest BCUT2D eigenvalue weighted by molar-refractivity contribution is -0.133. The summed E-state index contributed by atoms with van der Waals surface area (Å²) in [5.74, 6) is 0.872. The van der Waals surface area contributed by atoms with E-state index in [0.29, 0.717) is 0 Å². The van der Waals surface area contributed by atoms with Crippen LogP contribution in [0.2, 0.25) is 0 Å². The number of nitrogens with two attached hydrogens (primary N) is 1. The Hall–Kier alpha value is -0.610. The second kappa shape index (κ2) is 5.36. The monoisotopic (exact) mass is 239 g/mol. The van der Waals surface area contributed by atoms with Gasteiger partial charge in [0, 0.05) is 25.7 Å². The number of carbonyl (C=O) groups excluding carboxylic acids is 1. The molecule has 1 heterocycles. The summed E-state index contributed by atoms with van der Waals surface area (Å²) in [5.41, 5.74) is 5.63. The Morgan fingerprint density at radius 3 is 2.41 bits per heavy atom. The summed E-state index contributed by atoms with van der Waals surface area (Å²) in [4.78, 5) is 16.2. The zero-order chi connectivity index (χ0) is 12.4. The topological polar surface area (TPSA) is 49.6 Å². The highest BCUT2D eigenvalue weighted by molar-refractivity contribution is 5.81. The van der Waals surface area contributed by atoms with E-state index < -0.39 is 0 Å². The first-order valence-corrected chi connectivity index (χ1v) is 6.82. The van der Waals surface area contributed by atoms with Gasteiger partial charge in [-0.05, 0) is 45.6 Å².